The van der Waals surface area contributed by atoms with Crippen molar-refractivity contribution < 1.29 is 4.92 Å². The Balaban J connectivity index is 2.55. The zero-order valence-electron chi connectivity index (χ0n) is 10.9. The molecule has 0 amide bonds. The van der Waals surface area contributed by atoms with Crippen LogP contribution in [-0.2, 0) is 0 Å². The highest BCUT2D eigenvalue weighted by atomic mass is 15.9. The maximum absolute atomic E-state index is 6.90. The zero-order valence-corrected chi connectivity index (χ0v) is 10.9. The van der Waals surface area contributed by atoms with Crippen molar-refractivity contribution in [3.05, 3.63) is 60.7 Å². The van der Waals surface area contributed by atoms with Gasteiger partial charge in [0.2, 0.25) is 0 Å². The van der Waals surface area contributed by atoms with Crippen LogP contribution >= 0.6 is 0 Å². The van der Waals surface area contributed by atoms with E-state index in [2.05, 4.69) is 26.1 Å². The van der Waals surface area contributed by atoms with E-state index in [9.17, 15) is 0 Å². The van der Waals surface area contributed by atoms with Gasteiger partial charge in [-0.2, -0.15) is 10.5 Å². The highest BCUT2D eigenvalue weighted by Crippen LogP contribution is 2.25. The van der Waals surface area contributed by atoms with Crippen molar-refractivity contribution in [3.63, 3.8) is 0 Å². The summed E-state index contributed by atoms with van der Waals surface area (Å²) in [4.78, 5) is 0.982. The molecular weight excluding hydrogens is 270 g/mol. The predicted octanol–water partition coefficient (Wildman–Crippen LogP) is 4.46. The average molecular weight is 282 g/mol. The fourth-order valence-corrected chi connectivity index (χ4v) is 1.69. The highest BCUT2D eigenvalue weighted by Gasteiger charge is 2.18. The lowest BCUT2D eigenvalue weighted by atomic mass is 10.2. The Bertz CT molecular complexity index is 611. The molecule has 2 rings (SSSR count). The minimum atomic E-state index is 0.736. The summed E-state index contributed by atoms with van der Waals surface area (Å²) in [5.74, 6) is 0. The first-order chi connectivity index (χ1) is 10.4. The summed E-state index contributed by atoms with van der Waals surface area (Å²) in [5.41, 5.74) is 15.0. The Morgan fingerprint density at radius 2 is 1.29 bits per heavy atom. The van der Waals surface area contributed by atoms with E-state index in [4.69, 9.17) is 11.1 Å². The van der Waals surface area contributed by atoms with Crippen LogP contribution in [0.2, 0.25) is 0 Å². The van der Waals surface area contributed by atoms with Gasteiger partial charge in [0.1, 0.15) is 15.7 Å². The number of anilines is 2. The van der Waals surface area contributed by atoms with Crippen LogP contribution in [0.25, 0.3) is 0 Å². The second kappa shape index (κ2) is 7.28. The third kappa shape index (κ3) is 3.56. The second-order valence-electron chi connectivity index (χ2n) is 3.72. The van der Waals surface area contributed by atoms with Crippen molar-refractivity contribution in [2.45, 2.75) is 0 Å². The summed E-state index contributed by atoms with van der Waals surface area (Å²) in [7, 11) is 0. The molecule has 2 aromatic carbocycles. The predicted molar refractivity (Wildman–Crippen MR) is 72.9 cm³/mol. The van der Waals surface area contributed by atoms with Crippen molar-refractivity contribution in [1.82, 2.24) is 0 Å². The third-order valence-corrected chi connectivity index (χ3v) is 2.47. The van der Waals surface area contributed by atoms with Crippen LogP contribution in [0.15, 0.2) is 86.8 Å². The molecule has 0 aromatic heterocycles. The van der Waals surface area contributed by atoms with Crippen molar-refractivity contribution in [3.8, 4) is 0 Å². The molecule has 0 fully saturated rings. The standard InChI is InChI=1S/C12H12N9/c13-15-17-19-21(18-16-14)20(11-7-3-1-4-8-11)12-9-5-2-6-10-12/h1-10,13-14H/q+1. The number of hydrogen-bond donors (Lipinski definition) is 2. The second-order valence-corrected chi connectivity index (χ2v) is 3.72. The van der Waals surface area contributed by atoms with Gasteiger partial charge in [0, 0.05) is 0 Å². The van der Waals surface area contributed by atoms with E-state index in [1.165, 1.54) is 0 Å². The summed E-state index contributed by atoms with van der Waals surface area (Å²) in [6, 6.07) is 18.5. The van der Waals surface area contributed by atoms with E-state index in [1.807, 2.05) is 60.7 Å². The molecule has 2 N–H and O–H groups in total. The minimum absolute atomic E-state index is 0.736. The number of para-hydroxylation sites is 2. The minimum Gasteiger partial charge on any atom is -0.168 e. The molecule has 2 aromatic rings. The molecule has 104 valence electrons. The maximum Gasteiger partial charge on any atom is 0.152 e. The maximum atomic E-state index is 6.90. The molecule has 0 atom stereocenters. The fraction of sp³-hybridized carbons (Fsp3) is 0. The van der Waals surface area contributed by atoms with Crippen molar-refractivity contribution in [2.75, 3.05) is 5.01 Å². The Hall–Kier alpha value is -3.36. The molecule has 0 aliphatic rings. The summed E-state index contributed by atoms with van der Waals surface area (Å²) in [6.45, 7) is 0. The van der Waals surface area contributed by atoms with Crippen LogP contribution in [0.4, 0.5) is 11.4 Å². The Labute approximate surface area is 120 Å². The third-order valence-electron chi connectivity index (χ3n) is 2.47. The molecule has 0 aliphatic carbocycles. The molecule has 0 radical (unpaired) electrons. The van der Waals surface area contributed by atoms with Gasteiger partial charge >= 0.3 is 0 Å². The quantitative estimate of drug-likeness (QED) is 0.454. The SMILES string of the molecule is N=NN=N[N+](=NN=N)N(c1ccccc1)c1ccccc1. The normalized spacial score (nSPS) is 11.3. The van der Waals surface area contributed by atoms with Crippen molar-refractivity contribution >= 4 is 11.4 Å². The number of benzene rings is 2. The van der Waals surface area contributed by atoms with Gasteiger partial charge in [0.25, 0.3) is 0 Å². The van der Waals surface area contributed by atoms with Crippen LogP contribution < -0.4 is 5.01 Å². The van der Waals surface area contributed by atoms with Crippen molar-refractivity contribution in [2.24, 2.45) is 26.1 Å². The van der Waals surface area contributed by atoms with Gasteiger partial charge in [-0.05, 0) is 24.3 Å². The van der Waals surface area contributed by atoms with E-state index in [0.717, 1.165) is 16.3 Å². The van der Waals surface area contributed by atoms with Gasteiger partial charge < -0.3 is 0 Å². The lowest BCUT2D eigenvalue weighted by molar-refractivity contribution is -0.612. The van der Waals surface area contributed by atoms with Crippen LogP contribution in [0, 0.1) is 11.1 Å². The lowest BCUT2D eigenvalue weighted by Crippen LogP contribution is -2.25. The van der Waals surface area contributed by atoms with Crippen molar-refractivity contribution in [1.29, 1.82) is 11.1 Å². The van der Waals surface area contributed by atoms with Gasteiger partial charge in [-0.1, -0.05) is 36.4 Å². The Morgan fingerprint density at radius 1 is 0.762 bits per heavy atom. The molecule has 9 nitrogen and oxygen atoms in total. The van der Waals surface area contributed by atoms with Crippen LogP contribution in [0.5, 0.6) is 0 Å². The molecule has 0 bridgehead atoms. The van der Waals surface area contributed by atoms with Crippen LogP contribution in [-0.4, -0.2) is 4.92 Å². The monoisotopic (exact) mass is 282 g/mol. The average Bonchev–Trinajstić information content (AvgIpc) is 2.55. The summed E-state index contributed by atoms with van der Waals surface area (Å²) in [5, 5.41) is 17.8. The van der Waals surface area contributed by atoms with E-state index >= 15 is 0 Å². The van der Waals surface area contributed by atoms with Crippen LogP contribution in [0.3, 0.4) is 0 Å². The summed E-state index contributed by atoms with van der Waals surface area (Å²) in [6.07, 6.45) is 0. The molecule has 0 heterocycles. The fourth-order valence-electron chi connectivity index (χ4n) is 1.69. The number of hydrazine groups is 1. The zero-order chi connectivity index (χ0) is 14.9. The molecule has 0 aliphatic heterocycles. The number of nitrogens with zero attached hydrogens (tertiary/aromatic N) is 7. The molecule has 0 unspecified atom stereocenters. The first-order valence-electron chi connectivity index (χ1n) is 5.92. The van der Waals surface area contributed by atoms with E-state index in [1.54, 1.807) is 5.01 Å². The van der Waals surface area contributed by atoms with Gasteiger partial charge in [-0.25, -0.2) is 0 Å². The number of nitrogens with one attached hydrogen (secondary N) is 2. The van der Waals surface area contributed by atoms with Gasteiger partial charge in [-0.15, -0.1) is 5.53 Å². The van der Waals surface area contributed by atoms with E-state index in [0.29, 0.717) is 0 Å². The van der Waals surface area contributed by atoms with Crippen LogP contribution in [0.1, 0.15) is 0 Å². The van der Waals surface area contributed by atoms with E-state index < -0.39 is 0 Å². The topological polar surface area (TPSA) is 116 Å². The molecule has 21 heavy (non-hydrogen) atoms. The number of rotatable bonds is 6. The molecule has 9 heteroatoms. The number of hydrogen-bond acceptors (Lipinski definition) is 2. The Kier molecular flexibility index (Phi) is 4.88. The van der Waals surface area contributed by atoms with Gasteiger partial charge in [-0.3, -0.25) is 0 Å². The molecule has 0 saturated carbocycles. The first-order valence-corrected chi connectivity index (χ1v) is 5.92. The largest absolute Gasteiger partial charge is 0.168 e. The lowest BCUT2D eigenvalue weighted by Gasteiger charge is -2.18. The summed E-state index contributed by atoms with van der Waals surface area (Å²) < 4.78 is 0. The molecule has 0 spiro atoms. The Morgan fingerprint density at radius 3 is 1.71 bits per heavy atom. The van der Waals surface area contributed by atoms with E-state index in [-0.39, 0.29) is 0 Å². The smallest absolute Gasteiger partial charge is 0.152 e. The summed E-state index contributed by atoms with van der Waals surface area (Å²) >= 11 is 0. The first kappa shape index (κ1) is 14.1. The highest BCUT2D eigenvalue weighted by molar-refractivity contribution is 5.59. The molecular formula is C12H12N9+. The van der Waals surface area contributed by atoms with Gasteiger partial charge in [0.15, 0.2) is 5.22 Å². The van der Waals surface area contributed by atoms with Gasteiger partial charge in [0.05, 0.1) is 21.5 Å². The molecule has 0 saturated heterocycles.